The van der Waals surface area contributed by atoms with Crippen LogP contribution >= 0.6 is 0 Å². The zero-order chi connectivity index (χ0) is 13.8. The minimum atomic E-state index is -0.0758. The highest BCUT2D eigenvalue weighted by Gasteiger charge is 2.27. The molecule has 0 aromatic heterocycles. The predicted molar refractivity (Wildman–Crippen MR) is 70.6 cm³/mol. The molecule has 1 unspecified atom stereocenters. The molecule has 5 heteroatoms. The van der Waals surface area contributed by atoms with Gasteiger partial charge in [-0.1, -0.05) is 6.92 Å². The third-order valence-corrected chi connectivity index (χ3v) is 3.39. The summed E-state index contributed by atoms with van der Waals surface area (Å²) in [5.74, 6) is 0.272. The Hall–Kier alpha value is -1.75. The molecule has 2 rings (SSSR count). The summed E-state index contributed by atoms with van der Waals surface area (Å²) in [4.78, 5) is 14.2. The molecular formula is C14H19NO4. The molecule has 1 saturated heterocycles. The molecule has 19 heavy (non-hydrogen) atoms. The summed E-state index contributed by atoms with van der Waals surface area (Å²) in [7, 11) is 1.48. The van der Waals surface area contributed by atoms with Gasteiger partial charge in [0.15, 0.2) is 11.5 Å². The fourth-order valence-electron chi connectivity index (χ4n) is 2.25. The summed E-state index contributed by atoms with van der Waals surface area (Å²) < 4.78 is 10.4. The van der Waals surface area contributed by atoms with Gasteiger partial charge >= 0.3 is 0 Å². The third kappa shape index (κ3) is 2.81. The Morgan fingerprint density at radius 2 is 2.37 bits per heavy atom. The van der Waals surface area contributed by atoms with Crippen LogP contribution in [0.1, 0.15) is 23.7 Å². The Morgan fingerprint density at radius 1 is 1.58 bits per heavy atom. The van der Waals surface area contributed by atoms with E-state index in [-0.39, 0.29) is 17.7 Å². The number of phenols is 1. The molecule has 1 aromatic rings. The fraction of sp³-hybridized carbons (Fsp3) is 0.500. The lowest BCUT2D eigenvalue weighted by Crippen LogP contribution is -2.48. The van der Waals surface area contributed by atoms with Crippen LogP contribution in [0.4, 0.5) is 0 Å². The minimum absolute atomic E-state index is 0.0188. The minimum Gasteiger partial charge on any atom is -0.504 e. The molecule has 5 nitrogen and oxygen atoms in total. The van der Waals surface area contributed by atoms with Crippen molar-refractivity contribution in [3.05, 3.63) is 23.8 Å². The molecule has 0 aliphatic carbocycles. The smallest absolute Gasteiger partial charge is 0.254 e. The number of benzene rings is 1. The molecule has 0 radical (unpaired) electrons. The van der Waals surface area contributed by atoms with Gasteiger partial charge in [0.2, 0.25) is 0 Å². The molecule has 104 valence electrons. The van der Waals surface area contributed by atoms with Crippen molar-refractivity contribution in [2.75, 3.05) is 26.9 Å². The standard InChI is InChI=1S/C14H19NO4/c1-3-11-9-19-7-6-15(11)14(17)10-4-5-13(18-2)12(16)8-10/h4-5,8,11,16H,3,6-7,9H2,1-2H3. The van der Waals surface area contributed by atoms with Gasteiger partial charge in [-0.15, -0.1) is 0 Å². The Morgan fingerprint density at radius 3 is 3.00 bits per heavy atom. The molecule has 1 atom stereocenters. The second kappa shape index (κ2) is 5.93. The lowest BCUT2D eigenvalue weighted by atomic mass is 10.1. The van der Waals surface area contributed by atoms with Gasteiger partial charge in [0, 0.05) is 12.1 Å². The number of hydrogen-bond donors (Lipinski definition) is 1. The van der Waals surface area contributed by atoms with E-state index in [1.807, 2.05) is 11.8 Å². The predicted octanol–water partition coefficient (Wildman–Crippen LogP) is 1.65. The van der Waals surface area contributed by atoms with Crippen molar-refractivity contribution >= 4 is 5.91 Å². The highest BCUT2D eigenvalue weighted by atomic mass is 16.5. The van der Waals surface area contributed by atoms with E-state index < -0.39 is 0 Å². The first-order valence-electron chi connectivity index (χ1n) is 6.43. The second-order valence-electron chi connectivity index (χ2n) is 4.52. The number of rotatable bonds is 3. The van der Waals surface area contributed by atoms with Crippen molar-refractivity contribution in [3.8, 4) is 11.5 Å². The maximum atomic E-state index is 12.4. The van der Waals surface area contributed by atoms with E-state index in [1.54, 1.807) is 12.1 Å². The van der Waals surface area contributed by atoms with Crippen LogP contribution in [0.15, 0.2) is 18.2 Å². The Balaban J connectivity index is 2.20. The van der Waals surface area contributed by atoms with Gasteiger partial charge in [-0.2, -0.15) is 0 Å². The zero-order valence-electron chi connectivity index (χ0n) is 11.3. The monoisotopic (exact) mass is 265 g/mol. The van der Waals surface area contributed by atoms with Crippen LogP contribution in [-0.4, -0.2) is 48.8 Å². The average molecular weight is 265 g/mol. The number of aromatic hydroxyl groups is 1. The normalized spacial score (nSPS) is 19.3. The Kier molecular flexibility index (Phi) is 4.27. The van der Waals surface area contributed by atoms with Gasteiger partial charge in [-0.05, 0) is 24.6 Å². The average Bonchev–Trinajstić information content (AvgIpc) is 2.46. The van der Waals surface area contributed by atoms with E-state index in [4.69, 9.17) is 9.47 Å². The number of carbonyl (C=O) groups is 1. The number of carbonyl (C=O) groups excluding carboxylic acids is 1. The first-order chi connectivity index (χ1) is 9.17. The Labute approximate surface area is 112 Å². The summed E-state index contributed by atoms with van der Waals surface area (Å²) in [6.45, 7) is 3.75. The molecule has 1 fully saturated rings. The van der Waals surface area contributed by atoms with Crippen molar-refractivity contribution in [1.29, 1.82) is 0 Å². The molecule has 1 aromatic carbocycles. The lowest BCUT2D eigenvalue weighted by Gasteiger charge is -2.35. The molecular weight excluding hydrogens is 246 g/mol. The largest absolute Gasteiger partial charge is 0.504 e. The van der Waals surface area contributed by atoms with Crippen molar-refractivity contribution in [2.24, 2.45) is 0 Å². The van der Waals surface area contributed by atoms with E-state index in [1.165, 1.54) is 13.2 Å². The van der Waals surface area contributed by atoms with Gasteiger partial charge in [-0.25, -0.2) is 0 Å². The van der Waals surface area contributed by atoms with E-state index in [2.05, 4.69) is 0 Å². The van der Waals surface area contributed by atoms with Crippen LogP contribution in [0.5, 0.6) is 11.5 Å². The van der Waals surface area contributed by atoms with Gasteiger partial charge in [0.1, 0.15) is 0 Å². The highest BCUT2D eigenvalue weighted by molar-refractivity contribution is 5.95. The zero-order valence-corrected chi connectivity index (χ0v) is 11.3. The third-order valence-electron chi connectivity index (χ3n) is 3.39. The van der Waals surface area contributed by atoms with Crippen LogP contribution in [0.3, 0.4) is 0 Å². The van der Waals surface area contributed by atoms with Gasteiger partial charge < -0.3 is 19.5 Å². The maximum Gasteiger partial charge on any atom is 0.254 e. The van der Waals surface area contributed by atoms with E-state index in [0.717, 1.165) is 6.42 Å². The van der Waals surface area contributed by atoms with Crippen molar-refractivity contribution < 1.29 is 19.4 Å². The van der Waals surface area contributed by atoms with Crippen LogP contribution in [0, 0.1) is 0 Å². The van der Waals surface area contributed by atoms with Crippen molar-refractivity contribution in [3.63, 3.8) is 0 Å². The number of nitrogens with zero attached hydrogens (tertiary/aromatic N) is 1. The first kappa shape index (κ1) is 13.7. The van der Waals surface area contributed by atoms with Crippen LogP contribution < -0.4 is 4.74 Å². The molecule has 1 aliphatic heterocycles. The molecule has 1 aliphatic rings. The Bertz CT molecular complexity index is 461. The van der Waals surface area contributed by atoms with Gasteiger partial charge in [0.25, 0.3) is 5.91 Å². The van der Waals surface area contributed by atoms with Gasteiger partial charge in [-0.3, -0.25) is 4.79 Å². The quantitative estimate of drug-likeness (QED) is 0.902. The topological polar surface area (TPSA) is 59.0 Å². The number of methoxy groups -OCH3 is 1. The van der Waals surface area contributed by atoms with Crippen LogP contribution in [-0.2, 0) is 4.74 Å². The van der Waals surface area contributed by atoms with Crippen molar-refractivity contribution in [1.82, 2.24) is 4.90 Å². The summed E-state index contributed by atoms with van der Waals surface area (Å²) >= 11 is 0. The van der Waals surface area contributed by atoms with Crippen LogP contribution in [0.2, 0.25) is 0 Å². The summed E-state index contributed by atoms with van der Waals surface area (Å²) in [6.07, 6.45) is 0.855. The molecule has 0 bridgehead atoms. The van der Waals surface area contributed by atoms with E-state index in [0.29, 0.717) is 31.1 Å². The summed E-state index contributed by atoms with van der Waals surface area (Å²) in [5, 5.41) is 9.74. The SMILES string of the molecule is CCC1COCCN1C(=O)c1ccc(OC)c(O)c1. The molecule has 1 amide bonds. The second-order valence-corrected chi connectivity index (χ2v) is 4.52. The van der Waals surface area contributed by atoms with Crippen molar-refractivity contribution in [2.45, 2.75) is 19.4 Å². The van der Waals surface area contributed by atoms with Gasteiger partial charge in [0.05, 0.1) is 26.4 Å². The van der Waals surface area contributed by atoms with E-state index in [9.17, 15) is 9.90 Å². The highest BCUT2D eigenvalue weighted by Crippen LogP contribution is 2.27. The summed E-state index contributed by atoms with van der Waals surface area (Å²) in [5.41, 5.74) is 0.471. The number of hydrogen-bond acceptors (Lipinski definition) is 4. The number of amides is 1. The molecule has 0 spiro atoms. The molecule has 0 saturated carbocycles. The maximum absolute atomic E-state index is 12.4. The van der Waals surface area contributed by atoms with Crippen LogP contribution in [0.25, 0.3) is 0 Å². The number of phenolic OH excluding ortho intramolecular Hbond substituents is 1. The number of ether oxygens (including phenoxy) is 2. The number of morpholine rings is 1. The molecule has 1 N–H and O–H groups in total. The van der Waals surface area contributed by atoms with E-state index >= 15 is 0 Å². The fourth-order valence-corrected chi connectivity index (χ4v) is 2.25. The summed E-state index contributed by atoms with van der Waals surface area (Å²) in [6, 6.07) is 4.82. The first-order valence-corrected chi connectivity index (χ1v) is 6.43. The lowest BCUT2D eigenvalue weighted by molar-refractivity contribution is -0.00281. The molecule has 1 heterocycles.